The monoisotopic (exact) mass is 413 g/mol. The highest BCUT2D eigenvalue weighted by atomic mass is 16.5. The molecule has 1 aliphatic rings. The van der Waals surface area contributed by atoms with Crippen LogP contribution >= 0.6 is 0 Å². The third-order valence-corrected chi connectivity index (χ3v) is 5.30. The molecule has 5 nitrogen and oxygen atoms in total. The Morgan fingerprint density at radius 3 is 2.42 bits per heavy atom. The maximum absolute atomic E-state index is 13.5. The Morgan fingerprint density at radius 1 is 1.00 bits per heavy atom. The van der Waals surface area contributed by atoms with E-state index in [1.807, 2.05) is 73.7 Å². The molecule has 0 fully saturated rings. The standard InChI is InChI=1S/C26H23NO4/c1-4-31-20-14-12-18(13-15-20)16-22-24(26(29)30-3)17(2)27(25(22)28)23-11-7-9-19-8-5-6-10-21(19)23/h5-16H,4H2,1-3H3. The van der Waals surface area contributed by atoms with Gasteiger partial charge in [-0.05, 0) is 49.1 Å². The number of anilines is 1. The molecule has 0 aromatic heterocycles. The normalized spacial score (nSPS) is 15.1. The summed E-state index contributed by atoms with van der Waals surface area (Å²) >= 11 is 0. The summed E-state index contributed by atoms with van der Waals surface area (Å²) in [5.41, 5.74) is 2.65. The van der Waals surface area contributed by atoms with Crippen molar-refractivity contribution in [2.45, 2.75) is 13.8 Å². The Balaban J connectivity index is 1.83. The molecule has 5 heteroatoms. The number of esters is 1. The van der Waals surface area contributed by atoms with Gasteiger partial charge in [0.05, 0.1) is 30.6 Å². The lowest BCUT2D eigenvalue weighted by molar-refractivity contribution is -0.136. The van der Waals surface area contributed by atoms with Gasteiger partial charge in [-0.1, -0.05) is 48.5 Å². The van der Waals surface area contributed by atoms with Gasteiger partial charge >= 0.3 is 5.97 Å². The predicted octanol–water partition coefficient (Wildman–Crippen LogP) is 5.12. The fraction of sp³-hybridized carbons (Fsp3) is 0.154. The van der Waals surface area contributed by atoms with Crippen molar-refractivity contribution in [2.75, 3.05) is 18.6 Å². The Kier molecular flexibility index (Phi) is 5.58. The van der Waals surface area contributed by atoms with Gasteiger partial charge < -0.3 is 9.47 Å². The van der Waals surface area contributed by atoms with E-state index in [-0.39, 0.29) is 11.5 Å². The van der Waals surface area contributed by atoms with E-state index in [9.17, 15) is 9.59 Å². The van der Waals surface area contributed by atoms with Crippen molar-refractivity contribution >= 4 is 34.4 Å². The highest BCUT2D eigenvalue weighted by Gasteiger charge is 2.38. The SMILES string of the molecule is CCOc1ccc(C=C2C(=O)N(c3cccc4ccccc34)C(C)=C2C(=O)OC)cc1. The Morgan fingerprint density at radius 2 is 1.71 bits per heavy atom. The number of carbonyl (C=O) groups excluding carboxylic acids is 2. The molecule has 0 N–H and O–H groups in total. The minimum Gasteiger partial charge on any atom is -0.494 e. The average Bonchev–Trinajstić information content (AvgIpc) is 3.03. The fourth-order valence-corrected chi connectivity index (χ4v) is 3.87. The second-order valence-corrected chi connectivity index (χ2v) is 7.15. The zero-order valence-electron chi connectivity index (χ0n) is 17.7. The van der Waals surface area contributed by atoms with Crippen molar-refractivity contribution in [3.05, 3.63) is 89.1 Å². The molecule has 0 radical (unpaired) electrons. The molecule has 0 aliphatic carbocycles. The number of hydrogen-bond acceptors (Lipinski definition) is 4. The number of benzene rings is 3. The fourth-order valence-electron chi connectivity index (χ4n) is 3.87. The van der Waals surface area contributed by atoms with Crippen LogP contribution in [0.15, 0.2) is 83.6 Å². The first-order valence-corrected chi connectivity index (χ1v) is 10.1. The first-order valence-electron chi connectivity index (χ1n) is 10.1. The average molecular weight is 413 g/mol. The summed E-state index contributed by atoms with van der Waals surface area (Å²) in [6, 6.07) is 21.0. The predicted molar refractivity (Wildman–Crippen MR) is 122 cm³/mol. The highest BCUT2D eigenvalue weighted by molar-refractivity contribution is 6.25. The molecular weight excluding hydrogens is 390 g/mol. The molecule has 0 saturated carbocycles. The van der Waals surface area contributed by atoms with Crippen molar-refractivity contribution in [2.24, 2.45) is 0 Å². The van der Waals surface area contributed by atoms with Gasteiger partial charge in [-0.25, -0.2) is 4.79 Å². The number of hydrogen-bond donors (Lipinski definition) is 0. The summed E-state index contributed by atoms with van der Waals surface area (Å²) in [4.78, 5) is 27.8. The second kappa shape index (κ2) is 8.48. The van der Waals surface area contributed by atoms with Crippen molar-refractivity contribution in [3.63, 3.8) is 0 Å². The smallest absolute Gasteiger partial charge is 0.340 e. The third kappa shape index (κ3) is 3.70. The van der Waals surface area contributed by atoms with Crippen LogP contribution in [0.1, 0.15) is 19.4 Å². The molecule has 0 spiro atoms. The van der Waals surface area contributed by atoms with Gasteiger partial charge in [0, 0.05) is 11.1 Å². The molecular formula is C26H23NO4. The number of amides is 1. The van der Waals surface area contributed by atoms with E-state index in [0.29, 0.717) is 17.9 Å². The van der Waals surface area contributed by atoms with Gasteiger partial charge in [0.2, 0.25) is 0 Å². The van der Waals surface area contributed by atoms with E-state index in [1.54, 1.807) is 17.9 Å². The summed E-state index contributed by atoms with van der Waals surface area (Å²) in [5.74, 6) is -0.0476. The number of fused-ring (bicyclic) bond motifs is 1. The van der Waals surface area contributed by atoms with Crippen molar-refractivity contribution < 1.29 is 19.1 Å². The van der Waals surface area contributed by atoms with Gasteiger partial charge in [-0.2, -0.15) is 0 Å². The van der Waals surface area contributed by atoms with Crippen LogP contribution < -0.4 is 9.64 Å². The number of ether oxygens (including phenoxy) is 2. The van der Waals surface area contributed by atoms with Gasteiger partial charge in [0.1, 0.15) is 5.75 Å². The molecule has 1 aliphatic heterocycles. The van der Waals surface area contributed by atoms with Gasteiger partial charge in [-0.3, -0.25) is 9.69 Å². The van der Waals surface area contributed by atoms with Gasteiger partial charge in [0.15, 0.2) is 0 Å². The number of carbonyl (C=O) groups is 2. The minimum absolute atomic E-state index is 0.261. The molecule has 0 unspecified atom stereocenters. The topological polar surface area (TPSA) is 55.8 Å². The molecule has 156 valence electrons. The van der Waals surface area contributed by atoms with E-state index in [0.717, 1.165) is 27.8 Å². The molecule has 1 heterocycles. The summed E-state index contributed by atoms with van der Waals surface area (Å²) < 4.78 is 10.5. The molecule has 4 rings (SSSR count). The first-order chi connectivity index (χ1) is 15.0. The summed E-state index contributed by atoms with van der Waals surface area (Å²) in [7, 11) is 1.32. The zero-order chi connectivity index (χ0) is 22.0. The lowest BCUT2D eigenvalue weighted by Crippen LogP contribution is -2.24. The quantitative estimate of drug-likeness (QED) is 0.431. The molecule has 3 aromatic rings. The first kappa shape index (κ1) is 20.4. The lowest BCUT2D eigenvalue weighted by Gasteiger charge is -2.20. The van der Waals surface area contributed by atoms with E-state index in [2.05, 4.69) is 0 Å². The molecule has 0 bridgehead atoms. The maximum atomic E-state index is 13.5. The van der Waals surface area contributed by atoms with Crippen molar-refractivity contribution in [1.29, 1.82) is 0 Å². The molecule has 1 amide bonds. The van der Waals surface area contributed by atoms with Crippen LogP contribution in [0.5, 0.6) is 5.75 Å². The van der Waals surface area contributed by atoms with Crippen LogP contribution in [0.4, 0.5) is 5.69 Å². The van der Waals surface area contributed by atoms with Crippen LogP contribution in [0, 0.1) is 0 Å². The van der Waals surface area contributed by atoms with Gasteiger partial charge in [-0.15, -0.1) is 0 Å². The Labute approximate surface area is 181 Å². The zero-order valence-corrected chi connectivity index (χ0v) is 17.7. The summed E-state index contributed by atoms with van der Waals surface area (Å²) in [6.07, 6.45) is 1.72. The summed E-state index contributed by atoms with van der Waals surface area (Å²) in [6.45, 7) is 4.27. The van der Waals surface area contributed by atoms with Crippen molar-refractivity contribution in [1.82, 2.24) is 0 Å². The number of methoxy groups -OCH3 is 1. The minimum atomic E-state index is -0.536. The number of allylic oxidation sites excluding steroid dienone is 1. The molecule has 31 heavy (non-hydrogen) atoms. The van der Waals surface area contributed by atoms with Crippen molar-refractivity contribution in [3.8, 4) is 5.75 Å². The van der Waals surface area contributed by atoms with E-state index < -0.39 is 5.97 Å². The lowest BCUT2D eigenvalue weighted by atomic mass is 10.0. The van der Waals surface area contributed by atoms with Crippen LogP contribution in [-0.4, -0.2) is 25.6 Å². The van der Waals surface area contributed by atoms with Crippen LogP contribution in [-0.2, 0) is 14.3 Å². The molecule has 0 atom stereocenters. The third-order valence-electron chi connectivity index (χ3n) is 5.30. The van der Waals surface area contributed by atoms with Crippen LogP contribution in [0.2, 0.25) is 0 Å². The van der Waals surface area contributed by atoms with Crippen LogP contribution in [0.3, 0.4) is 0 Å². The number of rotatable bonds is 5. The largest absolute Gasteiger partial charge is 0.494 e. The van der Waals surface area contributed by atoms with E-state index >= 15 is 0 Å². The number of nitrogens with zero attached hydrogens (tertiary/aromatic N) is 1. The Hall–Kier alpha value is -3.86. The Bertz CT molecular complexity index is 1220. The highest BCUT2D eigenvalue weighted by Crippen LogP contribution is 2.38. The van der Waals surface area contributed by atoms with E-state index in [4.69, 9.17) is 9.47 Å². The maximum Gasteiger partial charge on any atom is 0.340 e. The summed E-state index contributed by atoms with van der Waals surface area (Å²) in [5, 5.41) is 1.95. The second-order valence-electron chi connectivity index (χ2n) is 7.15. The molecule has 0 saturated heterocycles. The van der Waals surface area contributed by atoms with Gasteiger partial charge in [0.25, 0.3) is 5.91 Å². The molecule has 3 aromatic carbocycles. The van der Waals surface area contributed by atoms with Crippen LogP contribution in [0.25, 0.3) is 16.8 Å². The van der Waals surface area contributed by atoms with E-state index in [1.165, 1.54) is 7.11 Å².